The summed E-state index contributed by atoms with van der Waals surface area (Å²) in [5.41, 5.74) is 0. The molecule has 0 amide bonds. The van der Waals surface area contributed by atoms with Crippen molar-refractivity contribution in [2.24, 2.45) is 17.8 Å². The van der Waals surface area contributed by atoms with Gasteiger partial charge in [-0.05, 0) is 25.7 Å². The Morgan fingerprint density at radius 2 is 1.95 bits per heavy atom. The second kappa shape index (κ2) is 8.67. The number of rotatable bonds is 9. The van der Waals surface area contributed by atoms with Crippen molar-refractivity contribution in [2.45, 2.75) is 33.1 Å². The molecule has 6 nitrogen and oxygen atoms in total. The van der Waals surface area contributed by atoms with Gasteiger partial charge < -0.3 is 19.3 Å². The van der Waals surface area contributed by atoms with Gasteiger partial charge in [-0.15, -0.1) is 0 Å². The number of esters is 1. The maximum Gasteiger partial charge on any atom is 0.309 e. The molecule has 3 unspecified atom stereocenters. The maximum atomic E-state index is 12.0. The number of hydrogen-bond donors (Lipinski definition) is 1. The zero-order valence-electron chi connectivity index (χ0n) is 12.7. The van der Waals surface area contributed by atoms with Crippen LogP contribution in [0.4, 0.5) is 0 Å². The molecule has 0 radical (unpaired) electrons. The Bertz CT molecular complexity index is 378. The van der Waals surface area contributed by atoms with Crippen LogP contribution in [0.15, 0.2) is 12.3 Å². The van der Waals surface area contributed by atoms with Gasteiger partial charge in [-0.3, -0.25) is 9.59 Å². The summed E-state index contributed by atoms with van der Waals surface area (Å²) in [7, 11) is 0. The molecule has 1 aliphatic rings. The first-order chi connectivity index (χ1) is 9.97. The first-order valence-corrected chi connectivity index (χ1v) is 7.22. The lowest BCUT2D eigenvalue weighted by Gasteiger charge is -2.19. The van der Waals surface area contributed by atoms with E-state index in [1.165, 1.54) is 0 Å². The summed E-state index contributed by atoms with van der Waals surface area (Å²) in [6, 6.07) is 0. The second-order valence-electron chi connectivity index (χ2n) is 5.26. The Morgan fingerprint density at radius 3 is 2.52 bits per heavy atom. The minimum absolute atomic E-state index is 0.0558. The molecule has 120 valence electrons. The lowest BCUT2D eigenvalue weighted by atomic mass is 9.88. The predicted molar refractivity (Wildman–Crippen MR) is 75.3 cm³/mol. The van der Waals surface area contributed by atoms with E-state index < -0.39 is 23.8 Å². The Morgan fingerprint density at radius 1 is 1.24 bits per heavy atom. The van der Waals surface area contributed by atoms with Gasteiger partial charge in [-0.1, -0.05) is 19.9 Å². The van der Waals surface area contributed by atoms with Crippen LogP contribution in [0.3, 0.4) is 0 Å². The van der Waals surface area contributed by atoms with E-state index in [-0.39, 0.29) is 25.9 Å². The molecule has 0 spiro atoms. The van der Waals surface area contributed by atoms with Crippen LogP contribution in [0.5, 0.6) is 0 Å². The molecule has 0 saturated heterocycles. The molecule has 0 bridgehead atoms. The molecule has 0 aromatic heterocycles. The number of aliphatic carboxylic acids is 1. The highest BCUT2D eigenvalue weighted by atomic mass is 16.7. The lowest BCUT2D eigenvalue weighted by Crippen LogP contribution is -2.31. The molecule has 1 fully saturated rings. The van der Waals surface area contributed by atoms with Crippen LogP contribution >= 0.6 is 0 Å². The highest BCUT2D eigenvalue weighted by molar-refractivity contribution is 5.82. The second-order valence-corrected chi connectivity index (χ2v) is 5.26. The molecule has 1 aliphatic carbocycles. The van der Waals surface area contributed by atoms with Crippen molar-refractivity contribution in [1.82, 2.24) is 0 Å². The quantitative estimate of drug-likeness (QED) is 0.304. The number of hydrogen-bond acceptors (Lipinski definition) is 5. The molecular weight excluding hydrogens is 276 g/mol. The standard InChI is InChI=1S/C15H24O6/c1-4-11-5-6-12(13(11)14(16)17)15(18)20-8-7-19-9-21-10(2)3/h11-13H,2,4-9H2,1,3H3,(H,16,17). The monoisotopic (exact) mass is 300 g/mol. The van der Waals surface area contributed by atoms with Crippen LogP contribution in [0, 0.1) is 17.8 Å². The van der Waals surface area contributed by atoms with Crippen molar-refractivity contribution in [3.8, 4) is 0 Å². The summed E-state index contributed by atoms with van der Waals surface area (Å²) in [6.45, 7) is 7.57. The van der Waals surface area contributed by atoms with Gasteiger partial charge in [0.2, 0.25) is 0 Å². The zero-order valence-corrected chi connectivity index (χ0v) is 12.7. The van der Waals surface area contributed by atoms with Crippen LogP contribution in [-0.4, -0.2) is 37.1 Å². The molecule has 0 aliphatic heterocycles. The topological polar surface area (TPSA) is 82.1 Å². The minimum atomic E-state index is -0.910. The van der Waals surface area contributed by atoms with Crippen molar-refractivity contribution < 1.29 is 28.9 Å². The van der Waals surface area contributed by atoms with Gasteiger partial charge >= 0.3 is 11.9 Å². The minimum Gasteiger partial charge on any atom is -0.481 e. The van der Waals surface area contributed by atoms with Gasteiger partial charge in [0.25, 0.3) is 0 Å². The summed E-state index contributed by atoms with van der Waals surface area (Å²) >= 11 is 0. The fourth-order valence-electron chi connectivity index (χ4n) is 2.69. The van der Waals surface area contributed by atoms with Crippen LogP contribution in [-0.2, 0) is 23.8 Å². The van der Waals surface area contributed by atoms with E-state index in [2.05, 4.69) is 6.58 Å². The molecule has 1 rings (SSSR count). The number of carboxylic acid groups (broad SMARTS) is 1. The number of carbonyl (C=O) groups excluding carboxylic acids is 1. The summed E-state index contributed by atoms with van der Waals surface area (Å²) in [5, 5.41) is 9.27. The van der Waals surface area contributed by atoms with Crippen molar-refractivity contribution in [2.75, 3.05) is 20.0 Å². The van der Waals surface area contributed by atoms with Gasteiger partial charge in [-0.25, -0.2) is 0 Å². The smallest absolute Gasteiger partial charge is 0.309 e. The van der Waals surface area contributed by atoms with Crippen LogP contribution in [0.1, 0.15) is 33.1 Å². The number of allylic oxidation sites excluding steroid dienone is 1. The SMILES string of the molecule is C=C(C)OCOCCOC(=O)C1CCC(CC)C1C(=O)O. The van der Waals surface area contributed by atoms with Crippen LogP contribution < -0.4 is 0 Å². The first kappa shape index (κ1) is 17.5. The molecule has 0 aromatic carbocycles. The Hall–Kier alpha value is -1.56. The molecule has 21 heavy (non-hydrogen) atoms. The number of carboxylic acids is 1. The third-order valence-corrected chi connectivity index (χ3v) is 3.76. The van der Waals surface area contributed by atoms with E-state index in [0.29, 0.717) is 12.2 Å². The van der Waals surface area contributed by atoms with Gasteiger partial charge in [-0.2, -0.15) is 0 Å². The van der Waals surface area contributed by atoms with E-state index in [1.54, 1.807) is 6.92 Å². The molecule has 3 atom stereocenters. The summed E-state index contributed by atoms with van der Waals surface area (Å²) in [5.74, 6) is -1.92. The van der Waals surface area contributed by atoms with E-state index in [9.17, 15) is 14.7 Å². The van der Waals surface area contributed by atoms with Crippen molar-refractivity contribution in [3.63, 3.8) is 0 Å². The summed E-state index contributed by atoms with van der Waals surface area (Å²) in [4.78, 5) is 23.3. The molecule has 1 saturated carbocycles. The van der Waals surface area contributed by atoms with E-state index in [4.69, 9.17) is 14.2 Å². The Balaban J connectivity index is 2.31. The van der Waals surface area contributed by atoms with Gasteiger partial charge in [0.05, 0.1) is 24.2 Å². The molecular formula is C15H24O6. The van der Waals surface area contributed by atoms with Crippen molar-refractivity contribution in [3.05, 3.63) is 12.3 Å². The molecule has 1 N–H and O–H groups in total. The Kier molecular flexibility index (Phi) is 7.22. The van der Waals surface area contributed by atoms with E-state index in [1.807, 2.05) is 6.92 Å². The van der Waals surface area contributed by atoms with E-state index >= 15 is 0 Å². The van der Waals surface area contributed by atoms with Gasteiger partial charge in [0.15, 0.2) is 6.79 Å². The lowest BCUT2D eigenvalue weighted by molar-refractivity contribution is -0.159. The largest absolute Gasteiger partial charge is 0.481 e. The molecule has 0 aromatic rings. The average molecular weight is 300 g/mol. The summed E-state index contributed by atoms with van der Waals surface area (Å²) in [6.07, 6.45) is 2.10. The van der Waals surface area contributed by atoms with Crippen molar-refractivity contribution >= 4 is 11.9 Å². The van der Waals surface area contributed by atoms with Crippen LogP contribution in [0.2, 0.25) is 0 Å². The fraction of sp³-hybridized carbons (Fsp3) is 0.733. The first-order valence-electron chi connectivity index (χ1n) is 7.22. The van der Waals surface area contributed by atoms with Gasteiger partial charge in [0, 0.05) is 0 Å². The highest BCUT2D eigenvalue weighted by Crippen LogP contribution is 2.39. The molecule has 0 heterocycles. The summed E-state index contributed by atoms with van der Waals surface area (Å²) < 4.78 is 15.2. The van der Waals surface area contributed by atoms with E-state index in [0.717, 1.165) is 12.8 Å². The Labute approximate surface area is 125 Å². The third-order valence-electron chi connectivity index (χ3n) is 3.76. The average Bonchev–Trinajstić information content (AvgIpc) is 2.86. The number of carbonyl (C=O) groups is 2. The van der Waals surface area contributed by atoms with Crippen molar-refractivity contribution in [1.29, 1.82) is 0 Å². The zero-order chi connectivity index (χ0) is 15.8. The normalized spacial score (nSPS) is 24.6. The predicted octanol–water partition coefficient (Wildman–Crippen LogP) is 2.19. The maximum absolute atomic E-state index is 12.0. The number of ether oxygens (including phenoxy) is 3. The fourth-order valence-corrected chi connectivity index (χ4v) is 2.69. The highest BCUT2D eigenvalue weighted by Gasteiger charge is 2.44. The molecule has 6 heteroatoms. The van der Waals surface area contributed by atoms with Gasteiger partial charge in [0.1, 0.15) is 6.61 Å². The third kappa shape index (κ3) is 5.38. The van der Waals surface area contributed by atoms with Crippen LogP contribution in [0.25, 0.3) is 0 Å².